The molecule has 0 fully saturated rings. The molecular weight excluding hydrogens is 190 g/mol. The van der Waals surface area contributed by atoms with E-state index < -0.39 is 0 Å². The van der Waals surface area contributed by atoms with Gasteiger partial charge in [0.25, 0.3) is 5.69 Å². The van der Waals surface area contributed by atoms with Crippen molar-refractivity contribution in [1.29, 1.82) is 0 Å². The lowest BCUT2D eigenvalue weighted by Gasteiger charge is -2.12. The monoisotopic (exact) mass is 201 g/mol. The molecule has 0 aliphatic heterocycles. The lowest BCUT2D eigenvalue weighted by molar-refractivity contribution is -0.384. The molecule has 1 unspecified atom stereocenters. The van der Waals surface area contributed by atoms with Gasteiger partial charge in [-0.15, -0.1) is 0 Å². The second kappa shape index (κ2) is 4.09. The molecule has 1 aliphatic carbocycles. The molecule has 0 heterocycles. The van der Waals surface area contributed by atoms with Crippen LogP contribution in [0.3, 0.4) is 0 Å². The molecule has 0 amide bonds. The van der Waals surface area contributed by atoms with E-state index in [4.69, 9.17) is 0 Å². The number of allylic oxidation sites excluding steroid dienone is 4. The van der Waals surface area contributed by atoms with Crippen LogP contribution >= 0.6 is 0 Å². The topological polar surface area (TPSA) is 43.1 Å². The molecule has 0 saturated carbocycles. The molecule has 1 atom stereocenters. The molecule has 1 aliphatic rings. The van der Waals surface area contributed by atoms with Gasteiger partial charge in [-0.1, -0.05) is 36.4 Å². The Labute approximate surface area is 87.9 Å². The summed E-state index contributed by atoms with van der Waals surface area (Å²) in [5, 5.41) is 10.6. The van der Waals surface area contributed by atoms with E-state index in [1.54, 1.807) is 12.1 Å². The fraction of sp³-hybridized carbons (Fsp3) is 0.167. The Balaban J connectivity index is 2.28. The van der Waals surface area contributed by atoms with Crippen LogP contribution in [-0.2, 0) is 0 Å². The molecule has 0 radical (unpaired) electrons. The molecule has 0 spiro atoms. The van der Waals surface area contributed by atoms with Gasteiger partial charge >= 0.3 is 0 Å². The van der Waals surface area contributed by atoms with Crippen LogP contribution in [0.25, 0.3) is 0 Å². The highest BCUT2D eigenvalue weighted by atomic mass is 16.6. The second-order valence-electron chi connectivity index (χ2n) is 3.51. The summed E-state index contributed by atoms with van der Waals surface area (Å²) < 4.78 is 0. The van der Waals surface area contributed by atoms with Gasteiger partial charge in [0.2, 0.25) is 0 Å². The van der Waals surface area contributed by atoms with Crippen molar-refractivity contribution >= 4 is 5.69 Å². The van der Waals surface area contributed by atoms with Crippen molar-refractivity contribution in [3.05, 3.63) is 64.2 Å². The molecule has 3 heteroatoms. The van der Waals surface area contributed by atoms with E-state index in [1.165, 1.54) is 6.07 Å². The van der Waals surface area contributed by atoms with Gasteiger partial charge in [-0.3, -0.25) is 10.1 Å². The molecule has 1 aromatic carbocycles. The Morgan fingerprint density at radius 2 is 2.20 bits per heavy atom. The molecule has 76 valence electrons. The van der Waals surface area contributed by atoms with Gasteiger partial charge in [0, 0.05) is 18.1 Å². The van der Waals surface area contributed by atoms with Gasteiger partial charge < -0.3 is 0 Å². The van der Waals surface area contributed by atoms with Crippen molar-refractivity contribution in [1.82, 2.24) is 0 Å². The first-order valence-electron chi connectivity index (χ1n) is 4.85. The standard InChI is InChI=1S/C12H11NO2/c14-13(15)12-8-4-7-11(9-12)10-5-2-1-3-6-10/h1-5,7-10H,6H2. The van der Waals surface area contributed by atoms with Gasteiger partial charge in [0.15, 0.2) is 0 Å². The molecule has 3 nitrogen and oxygen atoms in total. The van der Waals surface area contributed by atoms with Gasteiger partial charge in [-0.2, -0.15) is 0 Å². The van der Waals surface area contributed by atoms with E-state index in [1.807, 2.05) is 18.2 Å². The third-order valence-corrected chi connectivity index (χ3v) is 2.49. The van der Waals surface area contributed by atoms with E-state index in [0.29, 0.717) is 0 Å². The first kappa shape index (κ1) is 9.65. The summed E-state index contributed by atoms with van der Waals surface area (Å²) in [6.07, 6.45) is 9.03. The Hall–Kier alpha value is -1.90. The van der Waals surface area contributed by atoms with Gasteiger partial charge in [-0.05, 0) is 12.0 Å². The van der Waals surface area contributed by atoms with E-state index in [-0.39, 0.29) is 16.5 Å². The minimum Gasteiger partial charge on any atom is -0.258 e. The number of nitrogens with zero attached hydrogens (tertiary/aromatic N) is 1. The second-order valence-corrected chi connectivity index (χ2v) is 3.51. The van der Waals surface area contributed by atoms with Crippen molar-refractivity contribution in [2.24, 2.45) is 0 Å². The molecule has 0 saturated heterocycles. The normalized spacial score (nSPS) is 19.1. The molecule has 0 bridgehead atoms. The van der Waals surface area contributed by atoms with Crippen molar-refractivity contribution in [3.63, 3.8) is 0 Å². The van der Waals surface area contributed by atoms with Crippen molar-refractivity contribution in [2.75, 3.05) is 0 Å². The Bertz CT molecular complexity index is 435. The van der Waals surface area contributed by atoms with Crippen LogP contribution in [0.5, 0.6) is 0 Å². The average Bonchev–Trinajstić information content (AvgIpc) is 2.30. The minimum atomic E-state index is -0.355. The number of benzene rings is 1. The molecule has 2 rings (SSSR count). The van der Waals surface area contributed by atoms with E-state index in [9.17, 15) is 10.1 Å². The molecule has 15 heavy (non-hydrogen) atoms. The molecule has 1 aromatic rings. The largest absolute Gasteiger partial charge is 0.269 e. The fourth-order valence-corrected chi connectivity index (χ4v) is 1.70. The molecule has 0 N–H and O–H groups in total. The van der Waals surface area contributed by atoms with Gasteiger partial charge in [0.05, 0.1) is 4.92 Å². The zero-order chi connectivity index (χ0) is 10.7. The minimum absolute atomic E-state index is 0.162. The van der Waals surface area contributed by atoms with E-state index in [0.717, 1.165) is 12.0 Å². The highest BCUT2D eigenvalue weighted by Gasteiger charge is 2.12. The highest BCUT2D eigenvalue weighted by molar-refractivity contribution is 5.38. The van der Waals surface area contributed by atoms with Crippen LogP contribution in [0, 0.1) is 10.1 Å². The lowest BCUT2D eigenvalue weighted by atomic mass is 9.92. The van der Waals surface area contributed by atoms with Crippen molar-refractivity contribution < 1.29 is 4.92 Å². The Kier molecular flexibility index (Phi) is 2.63. The van der Waals surface area contributed by atoms with E-state index in [2.05, 4.69) is 12.2 Å². The highest BCUT2D eigenvalue weighted by Crippen LogP contribution is 2.26. The number of nitro groups is 1. The van der Waals surface area contributed by atoms with Crippen molar-refractivity contribution in [2.45, 2.75) is 12.3 Å². The van der Waals surface area contributed by atoms with Crippen LogP contribution < -0.4 is 0 Å². The predicted octanol–water partition coefficient (Wildman–Crippen LogP) is 3.19. The molecule has 0 aromatic heterocycles. The zero-order valence-corrected chi connectivity index (χ0v) is 8.17. The van der Waals surface area contributed by atoms with E-state index >= 15 is 0 Å². The van der Waals surface area contributed by atoms with Crippen LogP contribution in [0.15, 0.2) is 48.6 Å². The van der Waals surface area contributed by atoms with Crippen LogP contribution in [-0.4, -0.2) is 4.92 Å². The summed E-state index contributed by atoms with van der Waals surface area (Å²) in [7, 11) is 0. The maximum atomic E-state index is 10.6. The SMILES string of the molecule is O=[N+]([O-])c1cccc(C2C=CC=CC2)c1. The first-order chi connectivity index (χ1) is 7.27. The summed E-state index contributed by atoms with van der Waals surface area (Å²) in [4.78, 5) is 10.3. The summed E-state index contributed by atoms with van der Waals surface area (Å²) in [5.74, 6) is 0.273. The number of hydrogen-bond acceptors (Lipinski definition) is 2. The summed E-state index contributed by atoms with van der Waals surface area (Å²) in [5.41, 5.74) is 1.17. The quantitative estimate of drug-likeness (QED) is 0.544. The van der Waals surface area contributed by atoms with Gasteiger partial charge in [0.1, 0.15) is 0 Å². The van der Waals surface area contributed by atoms with Crippen LogP contribution in [0.1, 0.15) is 17.9 Å². The van der Waals surface area contributed by atoms with Crippen LogP contribution in [0.4, 0.5) is 5.69 Å². The fourth-order valence-electron chi connectivity index (χ4n) is 1.70. The lowest BCUT2D eigenvalue weighted by Crippen LogP contribution is -1.97. The predicted molar refractivity (Wildman–Crippen MR) is 58.7 cm³/mol. The number of nitro benzene ring substituents is 1. The van der Waals surface area contributed by atoms with Crippen molar-refractivity contribution in [3.8, 4) is 0 Å². The van der Waals surface area contributed by atoms with Gasteiger partial charge in [-0.25, -0.2) is 0 Å². The summed E-state index contributed by atoms with van der Waals surface area (Å²) in [6.45, 7) is 0. The maximum absolute atomic E-state index is 10.6. The summed E-state index contributed by atoms with van der Waals surface area (Å²) >= 11 is 0. The maximum Gasteiger partial charge on any atom is 0.269 e. The Morgan fingerprint density at radius 3 is 2.87 bits per heavy atom. The first-order valence-corrected chi connectivity index (χ1v) is 4.85. The number of hydrogen-bond donors (Lipinski definition) is 0. The smallest absolute Gasteiger partial charge is 0.258 e. The third kappa shape index (κ3) is 2.13. The molecular formula is C12H11NO2. The number of non-ortho nitro benzene ring substituents is 1. The number of rotatable bonds is 2. The zero-order valence-electron chi connectivity index (χ0n) is 8.17. The third-order valence-electron chi connectivity index (χ3n) is 2.49. The Morgan fingerprint density at radius 1 is 1.33 bits per heavy atom. The van der Waals surface area contributed by atoms with Crippen LogP contribution in [0.2, 0.25) is 0 Å². The average molecular weight is 201 g/mol. The summed E-state index contributed by atoms with van der Waals surface area (Å²) in [6, 6.07) is 6.83.